The van der Waals surface area contributed by atoms with Gasteiger partial charge in [-0.3, -0.25) is 0 Å². The van der Waals surface area contributed by atoms with Gasteiger partial charge in [-0.25, -0.2) is 0 Å². The van der Waals surface area contributed by atoms with Gasteiger partial charge in [-0.15, -0.1) is 0 Å². The monoisotopic (exact) mass is 108 g/mol. The number of rotatable bonds is 0. The zero-order valence-corrected chi connectivity index (χ0v) is 5.16. The molecule has 0 rings (SSSR count). The van der Waals surface area contributed by atoms with Crippen molar-refractivity contribution >= 4 is 6.41 Å². The third kappa shape index (κ3) is 287. The van der Waals surface area contributed by atoms with Crippen molar-refractivity contribution < 1.29 is 24.3 Å². The predicted octanol–water partition coefficient (Wildman–Crippen LogP) is -0.990. The van der Waals surface area contributed by atoms with Crippen LogP contribution in [0.25, 0.3) is 0 Å². The Morgan fingerprint density at radius 3 is 1.75 bits per heavy atom. The van der Waals surface area contributed by atoms with Crippen LogP contribution in [-0.2, 0) is 24.3 Å². The van der Waals surface area contributed by atoms with Crippen LogP contribution in [0.1, 0.15) is 0 Å². The van der Waals surface area contributed by atoms with Crippen molar-refractivity contribution in [1.82, 2.24) is 0 Å². The van der Waals surface area contributed by atoms with Gasteiger partial charge in [0.15, 0.2) is 0 Å². The van der Waals surface area contributed by atoms with Crippen molar-refractivity contribution in [3.63, 3.8) is 0 Å². The number of hydrogen-bond donors (Lipinski definition) is 1. The maximum Gasteiger partial charge on any atom is 0 e. The maximum atomic E-state index is 8.46. The summed E-state index contributed by atoms with van der Waals surface area (Å²) in [5, 5.41) is 0. The summed E-state index contributed by atoms with van der Waals surface area (Å²) in [7, 11) is 0. The Hall–Kier alpha value is 0.0934. The summed E-state index contributed by atoms with van der Waals surface area (Å²) in [5.41, 5.74) is 4.04. The van der Waals surface area contributed by atoms with Crippen LogP contribution in [0.2, 0.25) is 0 Å². The molecule has 4 heavy (non-hydrogen) atoms. The second-order valence-corrected chi connectivity index (χ2v) is 0.118. The molecule has 2 N–H and O–H groups in total. The van der Waals surface area contributed by atoms with Gasteiger partial charge in [0, 0.05) is 19.5 Å². The molecule has 0 radical (unpaired) electrons. The van der Waals surface area contributed by atoms with E-state index < -0.39 is 0 Å². The maximum absolute atomic E-state index is 8.46. The van der Waals surface area contributed by atoms with Gasteiger partial charge in [-0.1, -0.05) is 0 Å². The van der Waals surface area contributed by atoms with E-state index in [2.05, 4.69) is 5.73 Å². The van der Waals surface area contributed by atoms with Gasteiger partial charge in [-0.05, 0) is 0 Å². The fraction of sp³-hybridized carbons (Fsp3) is 0. The van der Waals surface area contributed by atoms with E-state index in [4.69, 9.17) is 4.79 Å². The molecule has 0 heterocycles. The number of hydrogen-bond acceptors (Lipinski definition) is 1. The Kier molecular flexibility index (Phi) is 25.3. The van der Waals surface area contributed by atoms with Crippen LogP contribution in [-0.4, -0.2) is 6.41 Å². The summed E-state index contributed by atoms with van der Waals surface area (Å²) >= 11 is 0. The van der Waals surface area contributed by atoms with Gasteiger partial charge in [0.1, 0.15) is 0 Å². The van der Waals surface area contributed by atoms with Gasteiger partial charge in [0.2, 0.25) is 0 Å². The van der Waals surface area contributed by atoms with Crippen molar-refractivity contribution in [2.45, 2.75) is 0 Å². The van der Waals surface area contributed by atoms with Crippen LogP contribution in [0.15, 0.2) is 0 Å². The Morgan fingerprint density at radius 2 is 1.75 bits per heavy atom. The fourth-order valence-electron chi connectivity index (χ4n) is 0. The van der Waals surface area contributed by atoms with E-state index in [0.29, 0.717) is 0 Å². The molecule has 0 aromatic heterocycles. The first-order chi connectivity index (χ1) is 1.41. The normalized spacial score (nSPS) is 3.00. The van der Waals surface area contributed by atoms with Gasteiger partial charge >= 0.3 is 0 Å². The Labute approximate surface area is 37.1 Å². The molecule has 0 bridgehead atoms. The van der Waals surface area contributed by atoms with Crippen molar-refractivity contribution in [3.8, 4) is 0 Å². The molecule has 0 aromatic rings. The average molecular weight is 109 g/mol. The molecule has 3 heteroatoms. The Balaban J connectivity index is 0. The summed E-state index contributed by atoms with van der Waals surface area (Å²) in [6.45, 7) is 0. The predicted molar refractivity (Wildman–Crippen MR) is 9.88 cm³/mol. The Bertz CT molecular complexity index is 15.5. The summed E-state index contributed by atoms with van der Waals surface area (Å²) in [5.74, 6) is 0. The Morgan fingerprint density at radius 1 is 1.75 bits per heavy atom. The first-order valence-corrected chi connectivity index (χ1v) is 0.493. The van der Waals surface area contributed by atoms with Crippen LogP contribution in [0.5, 0.6) is 0 Å². The molecule has 0 aromatic carbocycles. The summed E-state index contributed by atoms with van der Waals surface area (Å²) in [6, 6.07) is 0. The van der Waals surface area contributed by atoms with Gasteiger partial charge in [0.25, 0.3) is 0 Å². The van der Waals surface area contributed by atoms with E-state index >= 15 is 0 Å². The molecule has 20 valence electrons. The molecule has 0 aliphatic rings. The molecular formula is CH2NOZn-. The topological polar surface area (TPSA) is 43.1 Å². The molecule has 0 saturated heterocycles. The summed E-state index contributed by atoms with van der Waals surface area (Å²) < 4.78 is 0. The van der Waals surface area contributed by atoms with E-state index in [1.165, 1.54) is 0 Å². The number of amides is 1. The third-order valence-corrected chi connectivity index (χ3v) is 0. The summed E-state index contributed by atoms with van der Waals surface area (Å²) in [4.78, 5) is 8.46. The molecule has 0 aliphatic heterocycles. The van der Waals surface area contributed by atoms with E-state index in [9.17, 15) is 0 Å². The molecular weight excluding hydrogens is 107 g/mol. The smallest absolute Gasteiger partial charge is 0 e. The largest absolute Gasteiger partial charge is 0.543 e. The molecule has 0 spiro atoms. The van der Waals surface area contributed by atoms with E-state index in [-0.39, 0.29) is 19.5 Å². The van der Waals surface area contributed by atoms with Crippen molar-refractivity contribution in [3.05, 3.63) is 0 Å². The first kappa shape index (κ1) is 8.94. The van der Waals surface area contributed by atoms with Crippen LogP contribution in [0.3, 0.4) is 0 Å². The van der Waals surface area contributed by atoms with E-state index in [1.54, 1.807) is 0 Å². The quantitative estimate of drug-likeness (QED) is 0.242. The second kappa shape index (κ2) is 11.3. The number of nitrogens with two attached hydrogens (primary N) is 1. The molecule has 0 unspecified atom stereocenters. The van der Waals surface area contributed by atoms with E-state index in [0.717, 1.165) is 6.41 Å². The standard InChI is InChI=1S/CH2NO.Zn/c2-1-3;/h(H2,2,3);/q-1;. The van der Waals surface area contributed by atoms with E-state index in [1.807, 2.05) is 0 Å². The molecule has 0 aliphatic carbocycles. The third-order valence-electron chi connectivity index (χ3n) is 0. The van der Waals surface area contributed by atoms with Gasteiger partial charge in [0.05, 0.1) is 0 Å². The van der Waals surface area contributed by atoms with Crippen LogP contribution < -0.4 is 5.73 Å². The minimum absolute atomic E-state index is 0. The minimum Gasteiger partial charge on any atom is -0.543 e. The zero-order chi connectivity index (χ0) is 2.71. The number of primary amides is 1. The van der Waals surface area contributed by atoms with Crippen LogP contribution in [0.4, 0.5) is 0 Å². The molecule has 0 saturated carbocycles. The zero-order valence-electron chi connectivity index (χ0n) is 2.19. The summed E-state index contributed by atoms with van der Waals surface area (Å²) in [6.07, 6.45) is 1.00. The molecule has 0 fully saturated rings. The van der Waals surface area contributed by atoms with Crippen molar-refractivity contribution in [2.24, 2.45) is 5.73 Å². The van der Waals surface area contributed by atoms with Crippen LogP contribution >= 0.6 is 0 Å². The van der Waals surface area contributed by atoms with Crippen molar-refractivity contribution in [1.29, 1.82) is 0 Å². The molecule has 2 nitrogen and oxygen atoms in total. The van der Waals surface area contributed by atoms with Crippen LogP contribution in [0, 0.1) is 0 Å². The average Bonchev–Trinajstić information content (AvgIpc) is 0.918. The molecule has 0 atom stereocenters. The molecule has 1 amide bonds. The van der Waals surface area contributed by atoms with Gasteiger partial charge < -0.3 is 10.5 Å². The van der Waals surface area contributed by atoms with Gasteiger partial charge in [-0.2, -0.15) is 6.41 Å². The fourth-order valence-corrected chi connectivity index (χ4v) is 0. The first-order valence-electron chi connectivity index (χ1n) is 0.493. The second-order valence-electron chi connectivity index (χ2n) is 0.118. The minimum atomic E-state index is 0. The number of carbonyl (C=O) groups excluding carboxylic acids is 1. The van der Waals surface area contributed by atoms with Crippen molar-refractivity contribution in [2.75, 3.05) is 0 Å². The SMILES string of the molecule is N[C-]=O.[Zn].